The van der Waals surface area contributed by atoms with Crippen LogP contribution in [0, 0.1) is 6.92 Å². The van der Waals surface area contributed by atoms with Gasteiger partial charge < -0.3 is 14.8 Å². The first-order valence-corrected chi connectivity index (χ1v) is 7.88. The lowest BCUT2D eigenvalue weighted by atomic mass is 9.86. The minimum Gasteiger partial charge on any atom is -0.493 e. The standard InChI is InChI=1S/C18H31NO2/c1-15-8-9-16(18(2,3)4)17(14-15)21-12-7-6-10-19-11-13-20-5/h8-9,14,19H,6-7,10-13H2,1-5H3. The summed E-state index contributed by atoms with van der Waals surface area (Å²) < 4.78 is 11.0. The number of nitrogens with one attached hydrogen (secondary N) is 1. The molecule has 1 N–H and O–H groups in total. The maximum atomic E-state index is 6.02. The Morgan fingerprint density at radius 3 is 2.48 bits per heavy atom. The van der Waals surface area contributed by atoms with E-state index in [1.54, 1.807) is 7.11 Å². The molecule has 21 heavy (non-hydrogen) atoms. The van der Waals surface area contributed by atoms with E-state index in [1.165, 1.54) is 11.1 Å². The third-order valence-electron chi connectivity index (χ3n) is 3.43. The molecule has 0 fully saturated rings. The smallest absolute Gasteiger partial charge is 0.123 e. The van der Waals surface area contributed by atoms with Crippen molar-refractivity contribution in [3.05, 3.63) is 29.3 Å². The quantitative estimate of drug-likeness (QED) is 0.704. The maximum Gasteiger partial charge on any atom is 0.123 e. The zero-order valence-corrected chi connectivity index (χ0v) is 14.3. The Morgan fingerprint density at radius 1 is 1.05 bits per heavy atom. The third kappa shape index (κ3) is 6.96. The Hall–Kier alpha value is -1.06. The largest absolute Gasteiger partial charge is 0.493 e. The summed E-state index contributed by atoms with van der Waals surface area (Å²) in [5, 5.41) is 3.35. The second kappa shape index (κ2) is 9.06. The van der Waals surface area contributed by atoms with E-state index < -0.39 is 0 Å². The Balaban J connectivity index is 2.36. The number of hydrogen-bond acceptors (Lipinski definition) is 3. The summed E-state index contributed by atoms with van der Waals surface area (Å²) in [4.78, 5) is 0. The lowest BCUT2D eigenvalue weighted by molar-refractivity contribution is 0.199. The van der Waals surface area contributed by atoms with Crippen LogP contribution in [0.15, 0.2) is 18.2 Å². The fourth-order valence-electron chi connectivity index (χ4n) is 2.20. The van der Waals surface area contributed by atoms with Gasteiger partial charge in [-0.3, -0.25) is 0 Å². The zero-order valence-electron chi connectivity index (χ0n) is 14.3. The highest BCUT2D eigenvalue weighted by molar-refractivity contribution is 5.41. The molecule has 0 amide bonds. The first kappa shape index (κ1) is 18.0. The van der Waals surface area contributed by atoms with Gasteiger partial charge in [-0.2, -0.15) is 0 Å². The molecule has 1 aromatic rings. The van der Waals surface area contributed by atoms with Gasteiger partial charge in [-0.1, -0.05) is 32.9 Å². The highest BCUT2D eigenvalue weighted by atomic mass is 16.5. The summed E-state index contributed by atoms with van der Waals surface area (Å²) in [6.07, 6.45) is 2.19. The highest BCUT2D eigenvalue weighted by Crippen LogP contribution is 2.32. The molecular weight excluding hydrogens is 262 g/mol. The number of methoxy groups -OCH3 is 1. The number of benzene rings is 1. The van der Waals surface area contributed by atoms with Crippen LogP contribution in [0.4, 0.5) is 0 Å². The minimum atomic E-state index is 0.116. The van der Waals surface area contributed by atoms with Crippen LogP contribution in [-0.4, -0.2) is 33.4 Å². The van der Waals surface area contributed by atoms with Gasteiger partial charge in [-0.25, -0.2) is 0 Å². The van der Waals surface area contributed by atoms with Crippen molar-refractivity contribution in [2.45, 2.75) is 46.0 Å². The zero-order chi connectivity index (χ0) is 15.7. The molecule has 0 spiro atoms. The molecule has 0 aliphatic rings. The highest BCUT2D eigenvalue weighted by Gasteiger charge is 2.18. The Kier molecular flexibility index (Phi) is 7.76. The Morgan fingerprint density at radius 2 is 1.81 bits per heavy atom. The molecule has 0 atom stereocenters. The van der Waals surface area contributed by atoms with Crippen LogP contribution in [0.25, 0.3) is 0 Å². The molecule has 0 aliphatic carbocycles. The summed E-state index contributed by atoms with van der Waals surface area (Å²) >= 11 is 0. The van der Waals surface area contributed by atoms with E-state index in [1.807, 2.05) is 0 Å². The van der Waals surface area contributed by atoms with E-state index in [-0.39, 0.29) is 5.41 Å². The third-order valence-corrected chi connectivity index (χ3v) is 3.43. The van der Waals surface area contributed by atoms with Crippen LogP contribution in [0.1, 0.15) is 44.7 Å². The average Bonchev–Trinajstić information content (AvgIpc) is 2.40. The molecule has 0 radical (unpaired) electrons. The van der Waals surface area contributed by atoms with Gasteiger partial charge in [-0.05, 0) is 48.9 Å². The van der Waals surface area contributed by atoms with Crippen molar-refractivity contribution >= 4 is 0 Å². The number of ether oxygens (including phenoxy) is 2. The van der Waals surface area contributed by atoms with Gasteiger partial charge in [0.2, 0.25) is 0 Å². The lowest BCUT2D eigenvalue weighted by Crippen LogP contribution is -2.20. The first-order chi connectivity index (χ1) is 9.95. The van der Waals surface area contributed by atoms with Crippen LogP contribution in [0.5, 0.6) is 5.75 Å². The molecule has 1 aromatic carbocycles. The van der Waals surface area contributed by atoms with E-state index in [0.717, 1.165) is 44.9 Å². The van der Waals surface area contributed by atoms with E-state index in [2.05, 4.69) is 51.2 Å². The van der Waals surface area contributed by atoms with Gasteiger partial charge in [0, 0.05) is 13.7 Å². The monoisotopic (exact) mass is 293 g/mol. The summed E-state index contributed by atoms with van der Waals surface area (Å²) in [6.45, 7) is 12.3. The predicted octanol–water partition coefficient (Wildman–Crippen LogP) is 3.69. The van der Waals surface area contributed by atoms with E-state index >= 15 is 0 Å². The van der Waals surface area contributed by atoms with Crippen molar-refractivity contribution in [2.24, 2.45) is 0 Å². The van der Waals surface area contributed by atoms with E-state index in [0.29, 0.717) is 0 Å². The second-order valence-electron chi connectivity index (χ2n) is 6.55. The average molecular weight is 293 g/mol. The van der Waals surface area contributed by atoms with Crippen molar-refractivity contribution in [2.75, 3.05) is 33.4 Å². The van der Waals surface area contributed by atoms with Gasteiger partial charge in [-0.15, -0.1) is 0 Å². The summed E-state index contributed by atoms with van der Waals surface area (Å²) in [5.74, 6) is 1.04. The van der Waals surface area contributed by atoms with Gasteiger partial charge in [0.05, 0.1) is 13.2 Å². The molecule has 0 saturated heterocycles. The van der Waals surface area contributed by atoms with Crippen LogP contribution < -0.4 is 10.1 Å². The Bertz CT molecular complexity index is 410. The normalized spacial score (nSPS) is 11.7. The molecule has 120 valence electrons. The molecule has 0 aromatic heterocycles. The van der Waals surface area contributed by atoms with Crippen molar-refractivity contribution in [1.82, 2.24) is 5.32 Å². The second-order valence-corrected chi connectivity index (χ2v) is 6.55. The van der Waals surface area contributed by atoms with E-state index in [9.17, 15) is 0 Å². The van der Waals surface area contributed by atoms with Crippen molar-refractivity contribution in [3.63, 3.8) is 0 Å². The van der Waals surface area contributed by atoms with Gasteiger partial charge in [0.15, 0.2) is 0 Å². The number of unbranched alkanes of at least 4 members (excludes halogenated alkanes) is 1. The fraction of sp³-hybridized carbons (Fsp3) is 0.667. The number of rotatable bonds is 9. The molecule has 0 unspecified atom stereocenters. The van der Waals surface area contributed by atoms with Crippen molar-refractivity contribution < 1.29 is 9.47 Å². The van der Waals surface area contributed by atoms with E-state index in [4.69, 9.17) is 9.47 Å². The number of aryl methyl sites for hydroxylation is 1. The lowest BCUT2D eigenvalue weighted by Gasteiger charge is -2.23. The Labute approximate surface area is 130 Å². The summed E-state index contributed by atoms with van der Waals surface area (Å²) in [5.41, 5.74) is 2.65. The molecule has 0 heterocycles. The van der Waals surface area contributed by atoms with Crippen LogP contribution >= 0.6 is 0 Å². The molecule has 3 nitrogen and oxygen atoms in total. The molecule has 0 aliphatic heterocycles. The molecule has 0 bridgehead atoms. The SMILES string of the molecule is COCCNCCCCOc1cc(C)ccc1C(C)(C)C. The molecular formula is C18H31NO2. The topological polar surface area (TPSA) is 30.5 Å². The molecule has 1 rings (SSSR count). The first-order valence-electron chi connectivity index (χ1n) is 7.88. The summed E-state index contributed by atoms with van der Waals surface area (Å²) in [6, 6.07) is 6.50. The van der Waals surface area contributed by atoms with Gasteiger partial charge in [0.25, 0.3) is 0 Å². The summed E-state index contributed by atoms with van der Waals surface area (Å²) in [7, 11) is 1.73. The molecule has 3 heteroatoms. The van der Waals surface area contributed by atoms with Gasteiger partial charge >= 0.3 is 0 Å². The number of hydrogen-bond donors (Lipinski definition) is 1. The van der Waals surface area contributed by atoms with Crippen molar-refractivity contribution in [1.29, 1.82) is 0 Å². The fourth-order valence-corrected chi connectivity index (χ4v) is 2.20. The maximum absolute atomic E-state index is 6.02. The minimum absolute atomic E-state index is 0.116. The van der Waals surface area contributed by atoms with Gasteiger partial charge in [0.1, 0.15) is 5.75 Å². The predicted molar refractivity (Wildman–Crippen MR) is 89.4 cm³/mol. The van der Waals surface area contributed by atoms with Crippen LogP contribution in [0.2, 0.25) is 0 Å². The van der Waals surface area contributed by atoms with Crippen LogP contribution in [0.3, 0.4) is 0 Å². The molecule has 0 saturated carbocycles. The van der Waals surface area contributed by atoms with Crippen LogP contribution in [-0.2, 0) is 10.2 Å². The van der Waals surface area contributed by atoms with Crippen molar-refractivity contribution in [3.8, 4) is 5.75 Å².